The predicted octanol–water partition coefficient (Wildman–Crippen LogP) is 3.56. The van der Waals surface area contributed by atoms with Gasteiger partial charge in [-0.3, -0.25) is 0 Å². The van der Waals surface area contributed by atoms with E-state index in [2.05, 4.69) is 0 Å². The predicted molar refractivity (Wildman–Crippen MR) is 84.4 cm³/mol. The van der Waals surface area contributed by atoms with Gasteiger partial charge in [0.25, 0.3) is 0 Å². The van der Waals surface area contributed by atoms with Crippen LogP contribution in [0.1, 0.15) is 11.1 Å². The van der Waals surface area contributed by atoms with Crippen molar-refractivity contribution in [3.05, 3.63) is 69.5 Å². The average Bonchev–Trinajstić information content (AvgIpc) is 2.48. The van der Waals surface area contributed by atoms with E-state index in [4.69, 9.17) is 28.9 Å². The van der Waals surface area contributed by atoms with Gasteiger partial charge in [-0.2, -0.15) is 0 Å². The number of benzene rings is 2. The molecule has 0 aliphatic rings. The Morgan fingerprint density at radius 1 is 1.10 bits per heavy atom. The molecule has 5 heteroatoms. The summed E-state index contributed by atoms with van der Waals surface area (Å²) in [5.74, 6) is -0.371. The Hall–Kier alpha value is -1.13. The first-order chi connectivity index (χ1) is 10.0. The third-order valence-electron chi connectivity index (χ3n) is 3.71. The minimum Gasteiger partial charge on any atom is -0.395 e. The molecule has 2 rings (SSSR count). The molecule has 0 aliphatic heterocycles. The van der Waals surface area contributed by atoms with Crippen LogP contribution in [0.5, 0.6) is 0 Å². The zero-order chi connectivity index (χ0) is 15.5. The first kappa shape index (κ1) is 16.2. The van der Waals surface area contributed by atoms with Crippen molar-refractivity contribution in [3.63, 3.8) is 0 Å². The minimum absolute atomic E-state index is 0.147. The Bertz CT molecular complexity index is 609. The molecule has 0 radical (unpaired) electrons. The lowest BCUT2D eigenvalue weighted by Gasteiger charge is -2.32. The molecule has 2 nitrogen and oxygen atoms in total. The molecule has 0 heterocycles. The Morgan fingerprint density at radius 3 is 2.24 bits per heavy atom. The van der Waals surface area contributed by atoms with E-state index in [9.17, 15) is 9.50 Å². The molecule has 0 saturated carbocycles. The van der Waals surface area contributed by atoms with E-state index in [1.165, 1.54) is 12.1 Å². The second-order valence-corrected chi connectivity index (χ2v) is 5.84. The zero-order valence-electron chi connectivity index (χ0n) is 11.3. The van der Waals surface area contributed by atoms with Gasteiger partial charge in [0.1, 0.15) is 5.82 Å². The summed E-state index contributed by atoms with van der Waals surface area (Å²) >= 11 is 12.4. The maximum Gasteiger partial charge on any atom is 0.123 e. The van der Waals surface area contributed by atoms with Crippen LogP contribution in [0, 0.1) is 5.82 Å². The summed E-state index contributed by atoms with van der Waals surface area (Å²) in [6.07, 6.45) is 0.335. The molecule has 0 fully saturated rings. The third-order valence-corrected chi connectivity index (χ3v) is 4.42. The molecular formula is C16H16Cl2FNO. The first-order valence-electron chi connectivity index (χ1n) is 6.52. The molecule has 0 amide bonds. The highest BCUT2D eigenvalue weighted by Gasteiger charge is 2.32. The molecule has 1 unspecified atom stereocenters. The maximum atomic E-state index is 13.5. The van der Waals surface area contributed by atoms with Gasteiger partial charge >= 0.3 is 0 Å². The van der Waals surface area contributed by atoms with Crippen molar-refractivity contribution in [2.75, 3.05) is 13.2 Å². The number of hydrogen-bond acceptors (Lipinski definition) is 2. The van der Waals surface area contributed by atoms with E-state index >= 15 is 0 Å². The van der Waals surface area contributed by atoms with E-state index in [0.717, 1.165) is 0 Å². The summed E-state index contributed by atoms with van der Waals surface area (Å²) in [4.78, 5) is 0. The summed E-state index contributed by atoms with van der Waals surface area (Å²) in [7, 11) is 0. The fourth-order valence-electron chi connectivity index (χ4n) is 2.36. The minimum atomic E-state index is -0.823. The lowest BCUT2D eigenvalue weighted by molar-refractivity contribution is 0.196. The van der Waals surface area contributed by atoms with Crippen molar-refractivity contribution in [2.45, 2.75) is 11.8 Å². The van der Waals surface area contributed by atoms with Gasteiger partial charge in [0.2, 0.25) is 0 Å². The van der Waals surface area contributed by atoms with Crippen LogP contribution < -0.4 is 5.73 Å². The van der Waals surface area contributed by atoms with Crippen LogP contribution >= 0.6 is 23.2 Å². The normalized spacial score (nSPS) is 14.0. The molecule has 0 bridgehead atoms. The second-order valence-electron chi connectivity index (χ2n) is 5.03. The van der Waals surface area contributed by atoms with Gasteiger partial charge in [-0.05, 0) is 41.8 Å². The van der Waals surface area contributed by atoms with Crippen LogP contribution in [0.25, 0.3) is 0 Å². The average molecular weight is 328 g/mol. The summed E-state index contributed by atoms with van der Waals surface area (Å²) in [5, 5.41) is 10.9. The molecule has 112 valence electrons. The number of rotatable bonds is 5. The molecular weight excluding hydrogens is 312 g/mol. The molecule has 3 N–H and O–H groups in total. The maximum absolute atomic E-state index is 13.5. The summed E-state index contributed by atoms with van der Waals surface area (Å²) in [6, 6.07) is 11.3. The van der Waals surface area contributed by atoms with Crippen molar-refractivity contribution in [1.29, 1.82) is 0 Å². The summed E-state index contributed by atoms with van der Waals surface area (Å²) in [6.45, 7) is -0.0803. The van der Waals surface area contributed by atoms with Crippen LogP contribution in [0.2, 0.25) is 10.0 Å². The molecule has 1 atom stereocenters. The highest BCUT2D eigenvalue weighted by atomic mass is 35.5. The fraction of sp³-hybridized carbons (Fsp3) is 0.250. The molecule has 0 aromatic heterocycles. The second kappa shape index (κ2) is 6.75. The molecule has 2 aromatic rings. The standard InChI is InChI=1S/C16H16Cl2FNO/c17-14-5-2-6-15(18)13(14)8-16(9-20,10-21)11-3-1-4-12(19)7-11/h1-7,21H,8-10,20H2. The number of aliphatic hydroxyl groups excluding tert-OH is 1. The van der Waals surface area contributed by atoms with E-state index in [-0.39, 0.29) is 19.0 Å². The van der Waals surface area contributed by atoms with E-state index in [1.807, 2.05) is 0 Å². The van der Waals surface area contributed by atoms with Crippen molar-refractivity contribution in [2.24, 2.45) is 5.73 Å². The highest BCUT2D eigenvalue weighted by molar-refractivity contribution is 6.36. The molecule has 0 aliphatic carbocycles. The Labute approximate surface area is 133 Å². The van der Waals surface area contributed by atoms with Crippen LogP contribution in [0.4, 0.5) is 4.39 Å². The lowest BCUT2D eigenvalue weighted by atomic mass is 9.76. The van der Waals surface area contributed by atoms with E-state index < -0.39 is 5.41 Å². The van der Waals surface area contributed by atoms with Crippen LogP contribution in [-0.4, -0.2) is 18.3 Å². The largest absolute Gasteiger partial charge is 0.395 e. The zero-order valence-corrected chi connectivity index (χ0v) is 12.8. The lowest BCUT2D eigenvalue weighted by Crippen LogP contribution is -2.41. The number of nitrogens with two attached hydrogens (primary N) is 1. The monoisotopic (exact) mass is 327 g/mol. The highest BCUT2D eigenvalue weighted by Crippen LogP contribution is 2.34. The topological polar surface area (TPSA) is 46.2 Å². The van der Waals surface area contributed by atoms with Gasteiger partial charge in [-0.15, -0.1) is 0 Å². The van der Waals surface area contributed by atoms with Gasteiger partial charge in [0, 0.05) is 22.0 Å². The smallest absolute Gasteiger partial charge is 0.123 e. The van der Waals surface area contributed by atoms with E-state index in [1.54, 1.807) is 30.3 Å². The Kier molecular flexibility index (Phi) is 5.22. The number of aliphatic hydroxyl groups is 1. The Morgan fingerprint density at radius 2 is 1.71 bits per heavy atom. The first-order valence-corrected chi connectivity index (χ1v) is 7.28. The van der Waals surface area contributed by atoms with Gasteiger partial charge in [0.05, 0.1) is 6.61 Å². The van der Waals surface area contributed by atoms with Crippen LogP contribution in [0.15, 0.2) is 42.5 Å². The summed E-state index contributed by atoms with van der Waals surface area (Å²) in [5.41, 5.74) is 6.38. The quantitative estimate of drug-likeness (QED) is 0.881. The Balaban J connectivity index is 2.48. The van der Waals surface area contributed by atoms with Crippen molar-refractivity contribution in [3.8, 4) is 0 Å². The molecule has 2 aromatic carbocycles. The van der Waals surface area contributed by atoms with Gasteiger partial charge in [-0.25, -0.2) is 4.39 Å². The van der Waals surface area contributed by atoms with E-state index in [0.29, 0.717) is 27.6 Å². The number of hydrogen-bond donors (Lipinski definition) is 2. The van der Waals surface area contributed by atoms with Gasteiger partial charge < -0.3 is 10.8 Å². The third kappa shape index (κ3) is 3.38. The van der Waals surface area contributed by atoms with Crippen molar-refractivity contribution < 1.29 is 9.50 Å². The van der Waals surface area contributed by atoms with Crippen LogP contribution in [-0.2, 0) is 11.8 Å². The van der Waals surface area contributed by atoms with Gasteiger partial charge in [0.15, 0.2) is 0 Å². The number of halogens is 3. The molecule has 0 spiro atoms. The van der Waals surface area contributed by atoms with Gasteiger partial charge in [-0.1, -0.05) is 41.4 Å². The SMILES string of the molecule is NCC(CO)(Cc1c(Cl)cccc1Cl)c1cccc(F)c1. The van der Waals surface area contributed by atoms with Crippen molar-refractivity contribution >= 4 is 23.2 Å². The summed E-state index contributed by atoms with van der Waals surface area (Å²) < 4.78 is 13.5. The van der Waals surface area contributed by atoms with Crippen molar-refractivity contribution in [1.82, 2.24) is 0 Å². The molecule has 21 heavy (non-hydrogen) atoms. The van der Waals surface area contributed by atoms with Crippen LogP contribution in [0.3, 0.4) is 0 Å². The molecule has 0 saturated heterocycles. The fourth-order valence-corrected chi connectivity index (χ4v) is 2.89.